The topological polar surface area (TPSA) is 118 Å². The van der Waals surface area contributed by atoms with Gasteiger partial charge < -0.3 is 9.47 Å². The van der Waals surface area contributed by atoms with Gasteiger partial charge in [-0.2, -0.15) is 0 Å². The number of carbonyl (C=O) groups is 1. The summed E-state index contributed by atoms with van der Waals surface area (Å²) in [6.45, 7) is 0.236. The van der Waals surface area contributed by atoms with Crippen LogP contribution in [0.2, 0.25) is 0 Å². The molecule has 0 fully saturated rings. The average molecular weight is 438 g/mol. The van der Waals surface area contributed by atoms with E-state index in [2.05, 4.69) is 4.98 Å². The summed E-state index contributed by atoms with van der Waals surface area (Å²) in [5, 5.41) is 8.51. The fraction of sp³-hybridized carbons (Fsp3) is 0.400. The van der Waals surface area contributed by atoms with Gasteiger partial charge in [0.25, 0.3) is 10.0 Å². The largest absolute Gasteiger partial charge is 0.493 e. The van der Waals surface area contributed by atoms with Crippen LogP contribution >= 0.6 is 0 Å². The third kappa shape index (κ3) is 6.07. The number of unbranched alkanes of at least 4 members (excludes halogenated alkanes) is 3. The molecule has 9 nitrogen and oxygen atoms in total. The van der Waals surface area contributed by atoms with Crippen LogP contribution in [-0.2, 0) is 14.8 Å². The Morgan fingerprint density at radius 2 is 1.80 bits per heavy atom. The Labute approximate surface area is 176 Å². The van der Waals surface area contributed by atoms with E-state index in [1.165, 1.54) is 30.7 Å². The molecule has 1 aromatic heterocycles. The van der Waals surface area contributed by atoms with E-state index >= 15 is 0 Å². The summed E-state index contributed by atoms with van der Waals surface area (Å²) >= 11 is 0. The predicted molar refractivity (Wildman–Crippen MR) is 111 cm³/mol. The van der Waals surface area contributed by atoms with Crippen molar-refractivity contribution in [1.82, 2.24) is 10.5 Å². The van der Waals surface area contributed by atoms with Crippen molar-refractivity contribution in [3.8, 4) is 11.5 Å². The molecule has 0 atom stereocenters. The minimum atomic E-state index is -3.88. The summed E-state index contributed by atoms with van der Waals surface area (Å²) in [5.74, 6) is 0.655. The number of rotatable bonds is 12. The summed E-state index contributed by atoms with van der Waals surface area (Å²) in [7, 11) is -0.955. The molecule has 0 saturated carbocycles. The first kappa shape index (κ1) is 23.4. The maximum atomic E-state index is 13.4. The first-order chi connectivity index (χ1) is 14.4. The number of sulfonamides is 1. The molecule has 0 aliphatic rings. The van der Waals surface area contributed by atoms with Crippen molar-refractivity contribution < 1.29 is 27.9 Å². The molecule has 0 aliphatic carbocycles. The van der Waals surface area contributed by atoms with Gasteiger partial charge in [-0.1, -0.05) is 18.9 Å². The Bertz CT molecular complexity index is 921. The fourth-order valence-corrected chi connectivity index (χ4v) is 4.39. The van der Waals surface area contributed by atoms with Gasteiger partial charge in [-0.05, 0) is 37.1 Å². The molecule has 0 aliphatic heterocycles. The molecule has 0 spiro atoms. The molecule has 1 heterocycles. The zero-order valence-corrected chi connectivity index (χ0v) is 17.9. The van der Waals surface area contributed by atoms with Gasteiger partial charge in [0.05, 0.1) is 19.1 Å². The van der Waals surface area contributed by atoms with Crippen LogP contribution in [0.5, 0.6) is 11.5 Å². The maximum Gasteiger partial charge on any atom is 0.265 e. The van der Waals surface area contributed by atoms with Crippen LogP contribution in [0.4, 0.5) is 5.82 Å². The Morgan fingerprint density at radius 3 is 2.43 bits per heavy atom. The SMILES string of the molecule is COc1ccc(S(=O)(=O)N(CCCCCCC(=O)NO)c2ccccn2)cc1OC. The molecule has 164 valence electrons. The van der Waals surface area contributed by atoms with Crippen molar-refractivity contribution in [1.29, 1.82) is 0 Å². The summed E-state index contributed by atoms with van der Waals surface area (Å²) in [6.07, 6.45) is 4.43. The van der Waals surface area contributed by atoms with Crippen molar-refractivity contribution >= 4 is 21.7 Å². The summed E-state index contributed by atoms with van der Waals surface area (Å²) < 4.78 is 38.4. The highest BCUT2D eigenvalue weighted by Crippen LogP contribution is 2.31. The number of carbonyl (C=O) groups excluding carboxylic acids is 1. The Kier molecular flexibility index (Phi) is 8.88. The number of hydrogen-bond donors (Lipinski definition) is 2. The van der Waals surface area contributed by atoms with Crippen LogP contribution in [0.1, 0.15) is 32.1 Å². The number of hydrogen-bond acceptors (Lipinski definition) is 7. The quantitative estimate of drug-likeness (QED) is 0.298. The van der Waals surface area contributed by atoms with Crippen LogP contribution in [0.15, 0.2) is 47.5 Å². The molecule has 0 radical (unpaired) electrons. The van der Waals surface area contributed by atoms with E-state index in [1.54, 1.807) is 35.9 Å². The second-order valence-electron chi connectivity index (χ2n) is 6.48. The van der Waals surface area contributed by atoms with Crippen molar-refractivity contribution in [2.24, 2.45) is 0 Å². The lowest BCUT2D eigenvalue weighted by atomic mass is 10.1. The lowest BCUT2D eigenvalue weighted by molar-refractivity contribution is -0.129. The molecule has 2 rings (SSSR count). The third-order valence-electron chi connectivity index (χ3n) is 4.49. The first-order valence-electron chi connectivity index (χ1n) is 9.52. The molecule has 30 heavy (non-hydrogen) atoms. The number of pyridine rings is 1. The van der Waals surface area contributed by atoms with E-state index in [9.17, 15) is 13.2 Å². The van der Waals surface area contributed by atoms with Crippen molar-refractivity contribution in [3.05, 3.63) is 42.6 Å². The number of nitrogens with zero attached hydrogens (tertiary/aromatic N) is 2. The summed E-state index contributed by atoms with van der Waals surface area (Å²) in [4.78, 5) is 15.3. The first-order valence-corrected chi connectivity index (χ1v) is 11.0. The van der Waals surface area contributed by atoms with E-state index in [4.69, 9.17) is 14.7 Å². The van der Waals surface area contributed by atoms with E-state index in [1.807, 2.05) is 0 Å². The highest BCUT2D eigenvalue weighted by molar-refractivity contribution is 7.92. The predicted octanol–water partition coefficient (Wildman–Crippen LogP) is 2.75. The number of ether oxygens (including phenoxy) is 2. The highest BCUT2D eigenvalue weighted by atomic mass is 32.2. The molecule has 10 heteroatoms. The second kappa shape index (κ2) is 11.4. The number of methoxy groups -OCH3 is 2. The Morgan fingerprint density at radius 1 is 1.07 bits per heavy atom. The van der Waals surface area contributed by atoms with Gasteiger partial charge in [-0.25, -0.2) is 23.2 Å². The molecule has 2 N–H and O–H groups in total. The van der Waals surface area contributed by atoms with Gasteiger partial charge in [0.2, 0.25) is 5.91 Å². The normalized spacial score (nSPS) is 11.0. The molecular formula is C20H27N3O6S. The maximum absolute atomic E-state index is 13.4. The number of nitrogens with one attached hydrogen (secondary N) is 1. The number of hydroxylamine groups is 1. The lowest BCUT2D eigenvalue weighted by Gasteiger charge is -2.24. The summed E-state index contributed by atoms with van der Waals surface area (Å²) in [5.41, 5.74) is 1.60. The fourth-order valence-electron chi connectivity index (χ4n) is 2.91. The highest BCUT2D eigenvalue weighted by Gasteiger charge is 2.26. The molecule has 1 aromatic carbocycles. The van der Waals surface area contributed by atoms with E-state index < -0.39 is 15.9 Å². The zero-order chi connectivity index (χ0) is 22.0. The van der Waals surface area contributed by atoms with Crippen LogP contribution in [0.25, 0.3) is 0 Å². The standard InChI is InChI=1S/C20H27N3O6S/c1-28-17-12-11-16(15-18(17)29-2)30(26,27)23(19-9-6-7-13-21-19)14-8-4-3-5-10-20(24)22-25/h6-7,9,11-13,15,25H,3-5,8,10,14H2,1-2H3,(H,22,24). The van der Waals surface area contributed by atoms with Gasteiger partial charge in [-0.15, -0.1) is 0 Å². The number of benzene rings is 1. The Hall–Kier alpha value is -2.85. The van der Waals surface area contributed by atoms with Gasteiger partial charge in [-0.3, -0.25) is 10.0 Å². The average Bonchev–Trinajstić information content (AvgIpc) is 2.78. The van der Waals surface area contributed by atoms with Crippen LogP contribution in [0.3, 0.4) is 0 Å². The molecular weight excluding hydrogens is 410 g/mol. The minimum Gasteiger partial charge on any atom is -0.493 e. The molecule has 0 bridgehead atoms. The summed E-state index contributed by atoms with van der Waals surface area (Å²) in [6, 6.07) is 9.54. The zero-order valence-electron chi connectivity index (χ0n) is 17.1. The molecule has 0 saturated heterocycles. The third-order valence-corrected chi connectivity index (χ3v) is 6.29. The number of amides is 1. The van der Waals surface area contributed by atoms with Crippen molar-refractivity contribution in [3.63, 3.8) is 0 Å². The Balaban J connectivity index is 2.17. The van der Waals surface area contributed by atoms with Crippen LogP contribution in [-0.4, -0.2) is 45.3 Å². The van der Waals surface area contributed by atoms with E-state index in [0.717, 1.165) is 12.8 Å². The van der Waals surface area contributed by atoms with E-state index in [-0.39, 0.29) is 17.9 Å². The van der Waals surface area contributed by atoms with Gasteiger partial charge in [0.15, 0.2) is 11.5 Å². The van der Waals surface area contributed by atoms with Gasteiger partial charge >= 0.3 is 0 Å². The van der Waals surface area contributed by atoms with Gasteiger partial charge in [0, 0.05) is 25.2 Å². The number of aromatic nitrogens is 1. The van der Waals surface area contributed by atoms with E-state index in [0.29, 0.717) is 30.2 Å². The molecule has 1 amide bonds. The molecule has 2 aromatic rings. The van der Waals surface area contributed by atoms with Crippen LogP contribution in [0, 0.1) is 0 Å². The number of anilines is 1. The monoisotopic (exact) mass is 437 g/mol. The second-order valence-corrected chi connectivity index (χ2v) is 8.34. The lowest BCUT2D eigenvalue weighted by Crippen LogP contribution is -2.32. The minimum absolute atomic E-state index is 0.0745. The van der Waals surface area contributed by atoms with Gasteiger partial charge in [0.1, 0.15) is 5.82 Å². The smallest absolute Gasteiger partial charge is 0.265 e. The molecule has 0 unspecified atom stereocenters. The van der Waals surface area contributed by atoms with Crippen molar-refractivity contribution in [2.75, 3.05) is 25.1 Å². The van der Waals surface area contributed by atoms with Crippen LogP contribution < -0.4 is 19.3 Å². The van der Waals surface area contributed by atoms with Crippen molar-refractivity contribution in [2.45, 2.75) is 37.0 Å².